The first-order valence-electron chi connectivity index (χ1n) is 5.96. The van der Waals surface area contributed by atoms with Crippen LogP contribution >= 0.6 is 0 Å². The number of halogens is 1. The molecule has 1 aromatic carbocycles. The Kier molecular flexibility index (Phi) is 2.70. The van der Waals surface area contributed by atoms with Crippen molar-refractivity contribution < 1.29 is 24.3 Å². The maximum Gasteiger partial charge on any atom is 0.238 e. The third-order valence-corrected chi connectivity index (χ3v) is 3.55. The van der Waals surface area contributed by atoms with E-state index >= 15 is 0 Å². The van der Waals surface area contributed by atoms with Gasteiger partial charge in [0.1, 0.15) is 5.60 Å². The van der Waals surface area contributed by atoms with Gasteiger partial charge in [0.2, 0.25) is 12.8 Å². The number of aliphatic hydroxyl groups excluding tert-OH is 2. The maximum absolute atomic E-state index is 13.8. The third-order valence-electron chi connectivity index (χ3n) is 3.55. The van der Waals surface area contributed by atoms with E-state index in [1.807, 2.05) is 0 Å². The first-order chi connectivity index (χ1) is 9.05. The normalized spacial score (nSPS) is 33.5. The summed E-state index contributed by atoms with van der Waals surface area (Å²) in [4.78, 5) is 4.08. The Hall–Kier alpha value is -1.70. The minimum atomic E-state index is -1.17. The van der Waals surface area contributed by atoms with E-state index in [0.29, 0.717) is 18.7 Å². The molecule has 1 aromatic rings. The average Bonchev–Trinajstić information content (AvgIpc) is 2.84. The van der Waals surface area contributed by atoms with E-state index in [0.717, 1.165) is 6.34 Å². The van der Waals surface area contributed by atoms with Gasteiger partial charge in [-0.2, -0.15) is 0 Å². The van der Waals surface area contributed by atoms with Crippen LogP contribution in [-0.2, 0) is 4.74 Å². The van der Waals surface area contributed by atoms with Crippen LogP contribution in [0.1, 0.15) is 6.42 Å². The summed E-state index contributed by atoms with van der Waals surface area (Å²) in [6, 6.07) is 4.45. The molecule has 2 unspecified atom stereocenters. The van der Waals surface area contributed by atoms with Crippen molar-refractivity contribution in [3.63, 3.8) is 0 Å². The van der Waals surface area contributed by atoms with Crippen LogP contribution in [0.4, 0.5) is 15.8 Å². The van der Waals surface area contributed by atoms with Gasteiger partial charge in [-0.25, -0.2) is 9.38 Å². The number of nitrogens with one attached hydrogen (secondary N) is 1. The quantitative estimate of drug-likeness (QED) is 0.373. The number of benzene rings is 1. The molecule has 1 saturated heterocycles. The maximum atomic E-state index is 13.8. The number of aliphatic hydroxyl groups is 2. The number of hydrogen-bond acceptors (Lipinski definition) is 4. The van der Waals surface area contributed by atoms with Crippen molar-refractivity contribution in [1.82, 2.24) is 0 Å². The molecule has 0 aromatic heterocycles. The number of ether oxygens (including phenoxy) is 1. The summed E-state index contributed by atoms with van der Waals surface area (Å²) in [6.45, 7) is 0.338. The second-order valence-electron chi connectivity index (χ2n) is 4.83. The summed E-state index contributed by atoms with van der Waals surface area (Å²) in [6.07, 6.45) is -0.104. The fourth-order valence-corrected chi connectivity index (χ4v) is 2.35. The van der Waals surface area contributed by atoms with Crippen molar-refractivity contribution in [1.29, 1.82) is 0 Å². The molecule has 2 aliphatic rings. The Morgan fingerprint density at radius 1 is 1.53 bits per heavy atom. The molecule has 1 aliphatic heterocycles. The van der Waals surface area contributed by atoms with E-state index in [4.69, 9.17) is 10.5 Å². The molecule has 1 aliphatic carbocycles. The SMILES string of the molecule is NC=[NH+]c1ccc(N2C[C@]3(CC3O)OC2O)cc1F. The van der Waals surface area contributed by atoms with Crippen LogP contribution in [0.3, 0.4) is 0 Å². The molecule has 3 rings (SSSR count). The Balaban J connectivity index is 1.85. The first kappa shape index (κ1) is 12.3. The molecule has 6 nitrogen and oxygen atoms in total. The lowest BCUT2D eigenvalue weighted by Gasteiger charge is -2.20. The molecule has 3 atom stereocenters. The van der Waals surface area contributed by atoms with Crippen molar-refractivity contribution in [2.45, 2.75) is 24.5 Å². The topological polar surface area (TPSA) is 92.9 Å². The van der Waals surface area contributed by atoms with Gasteiger partial charge in [0.25, 0.3) is 0 Å². The zero-order valence-corrected chi connectivity index (χ0v) is 10.1. The fraction of sp³-hybridized carbons (Fsp3) is 0.417. The molecule has 1 saturated carbocycles. The van der Waals surface area contributed by atoms with Gasteiger partial charge in [-0.05, 0) is 12.1 Å². The van der Waals surface area contributed by atoms with Gasteiger partial charge in [0.05, 0.1) is 12.6 Å². The summed E-state index contributed by atoms with van der Waals surface area (Å²) < 4.78 is 19.1. The number of hydrogen-bond donors (Lipinski definition) is 4. The predicted molar refractivity (Wildman–Crippen MR) is 65.1 cm³/mol. The molecule has 1 heterocycles. The van der Waals surface area contributed by atoms with Crippen LogP contribution in [0.5, 0.6) is 0 Å². The van der Waals surface area contributed by atoms with Crippen molar-refractivity contribution in [3.05, 3.63) is 24.0 Å². The predicted octanol–water partition coefficient (Wildman–Crippen LogP) is -1.86. The van der Waals surface area contributed by atoms with Crippen molar-refractivity contribution in [2.24, 2.45) is 5.73 Å². The third kappa shape index (κ3) is 1.95. The molecule has 0 amide bonds. The molecular weight excluding hydrogens is 253 g/mol. The fourth-order valence-electron chi connectivity index (χ4n) is 2.35. The number of nitrogens with zero attached hydrogens (tertiary/aromatic N) is 1. The lowest BCUT2D eigenvalue weighted by Crippen LogP contribution is -2.64. The lowest BCUT2D eigenvalue weighted by molar-refractivity contribution is -0.351. The van der Waals surface area contributed by atoms with Gasteiger partial charge < -0.3 is 19.8 Å². The standard InChI is InChI=1S/C12H14FN3O3/c13-8-3-7(1-2-9(8)15-6-14)16-5-12(4-10(12)17)19-11(16)18/h1-3,6,10-11,17-18H,4-5H2,(H2,14,15)/p+1/t10?,11?,12-/m0/s1. The smallest absolute Gasteiger partial charge is 0.238 e. The molecule has 7 heteroatoms. The summed E-state index contributed by atoms with van der Waals surface area (Å²) in [5.74, 6) is -0.483. The van der Waals surface area contributed by atoms with Crippen LogP contribution in [0.15, 0.2) is 18.2 Å². The second-order valence-corrected chi connectivity index (χ2v) is 4.83. The number of nitrogens with two attached hydrogens (primary N) is 1. The molecule has 0 bridgehead atoms. The monoisotopic (exact) mass is 268 g/mol. The van der Waals surface area contributed by atoms with E-state index in [-0.39, 0.29) is 5.69 Å². The molecule has 2 fully saturated rings. The minimum Gasteiger partial charge on any atom is -0.390 e. The highest BCUT2D eigenvalue weighted by molar-refractivity contribution is 5.54. The van der Waals surface area contributed by atoms with E-state index in [1.165, 1.54) is 17.0 Å². The zero-order valence-electron chi connectivity index (χ0n) is 10.1. The van der Waals surface area contributed by atoms with Crippen molar-refractivity contribution >= 4 is 17.7 Å². The van der Waals surface area contributed by atoms with Crippen molar-refractivity contribution in [3.8, 4) is 0 Å². The summed E-state index contributed by atoms with van der Waals surface area (Å²) in [5.41, 5.74) is 5.21. The number of rotatable bonds is 2. The van der Waals surface area contributed by atoms with E-state index in [9.17, 15) is 14.6 Å². The molecule has 19 heavy (non-hydrogen) atoms. The summed E-state index contributed by atoms with van der Waals surface area (Å²) >= 11 is 0. The van der Waals surface area contributed by atoms with E-state index in [1.54, 1.807) is 6.07 Å². The van der Waals surface area contributed by atoms with Crippen LogP contribution in [0, 0.1) is 5.82 Å². The summed E-state index contributed by atoms with van der Waals surface area (Å²) in [5, 5.41) is 19.3. The average molecular weight is 268 g/mol. The largest absolute Gasteiger partial charge is 0.390 e. The molecular formula is C12H15FN3O3+. The van der Waals surface area contributed by atoms with Crippen molar-refractivity contribution in [2.75, 3.05) is 11.4 Å². The second kappa shape index (κ2) is 4.16. The Morgan fingerprint density at radius 2 is 2.26 bits per heavy atom. The Morgan fingerprint density at radius 3 is 2.79 bits per heavy atom. The summed E-state index contributed by atoms with van der Waals surface area (Å²) in [7, 11) is 0. The zero-order chi connectivity index (χ0) is 13.6. The molecule has 0 radical (unpaired) electrons. The van der Waals surface area contributed by atoms with Gasteiger partial charge in [-0.3, -0.25) is 5.73 Å². The highest BCUT2D eigenvalue weighted by Gasteiger charge is 2.62. The molecule has 5 N–H and O–H groups in total. The molecule has 1 spiro atoms. The number of anilines is 1. The van der Waals surface area contributed by atoms with Gasteiger partial charge >= 0.3 is 0 Å². The van der Waals surface area contributed by atoms with Gasteiger partial charge in [-0.15, -0.1) is 0 Å². The van der Waals surface area contributed by atoms with Gasteiger partial charge in [-0.1, -0.05) is 0 Å². The minimum absolute atomic E-state index is 0.252. The highest BCUT2D eigenvalue weighted by atomic mass is 19.1. The van der Waals surface area contributed by atoms with Gasteiger partial charge in [0, 0.05) is 18.2 Å². The first-order valence-corrected chi connectivity index (χ1v) is 5.96. The van der Waals surface area contributed by atoms with E-state index in [2.05, 4.69) is 4.99 Å². The molecule has 102 valence electrons. The van der Waals surface area contributed by atoms with Crippen LogP contribution in [-0.4, -0.2) is 41.2 Å². The van der Waals surface area contributed by atoms with Gasteiger partial charge in [0.15, 0.2) is 11.5 Å². The lowest BCUT2D eigenvalue weighted by atomic mass is 10.2. The Labute approximate surface area is 108 Å². The van der Waals surface area contributed by atoms with E-state index < -0.39 is 23.9 Å². The van der Waals surface area contributed by atoms with Crippen LogP contribution in [0.25, 0.3) is 0 Å². The van der Waals surface area contributed by atoms with Crippen LogP contribution < -0.4 is 15.6 Å². The van der Waals surface area contributed by atoms with Crippen LogP contribution in [0.2, 0.25) is 0 Å². The highest BCUT2D eigenvalue weighted by Crippen LogP contribution is 2.47. The Bertz CT molecular complexity index is 539.